The Kier molecular flexibility index (Phi) is 11.6. The molecule has 6 aromatic heterocycles. The lowest BCUT2D eigenvalue weighted by Crippen LogP contribution is -2.25. The maximum Gasteiger partial charge on any atom is 0.287 e. The van der Waals surface area contributed by atoms with E-state index in [-0.39, 0.29) is 45.8 Å². The SMILES string of the molecule is [CH2]CCNC(=O)c1cc(NC(=O)c2cc(NC(=O)c3cc(NC(=O)c4cc(NC(=O)c5cc(NC(=O)c6cc([N+](=O)[O-])cn6C)cn5C)cn4C)cn3C)cn2C)cn1C. The fourth-order valence-electron chi connectivity index (χ4n) is 6.43. The predicted octanol–water partition coefficient (Wildman–Crippen LogP) is 3.84. The number of aryl methyl sites for hydroxylation is 6. The minimum atomic E-state index is -0.603. The average Bonchev–Trinajstić information content (AvgIpc) is 4.03. The van der Waals surface area contributed by atoms with Crippen molar-refractivity contribution in [3.63, 3.8) is 0 Å². The number of carbonyl (C=O) groups excluding carboxylic acids is 6. The van der Waals surface area contributed by atoms with Crippen molar-refractivity contribution in [1.82, 2.24) is 32.7 Å². The van der Waals surface area contributed by atoms with E-state index in [9.17, 15) is 38.9 Å². The Morgan fingerprint density at radius 3 is 0.967 bits per heavy atom. The van der Waals surface area contributed by atoms with Gasteiger partial charge in [0.2, 0.25) is 0 Å². The van der Waals surface area contributed by atoms with E-state index in [1.54, 1.807) is 75.2 Å². The molecule has 21 heteroatoms. The molecular formula is C39H42N13O8. The van der Waals surface area contributed by atoms with Crippen molar-refractivity contribution in [2.45, 2.75) is 6.42 Å². The first-order valence-corrected chi connectivity index (χ1v) is 18.2. The highest BCUT2D eigenvalue weighted by Gasteiger charge is 2.22. The van der Waals surface area contributed by atoms with Gasteiger partial charge >= 0.3 is 0 Å². The van der Waals surface area contributed by atoms with Gasteiger partial charge in [-0.05, 0) is 36.8 Å². The van der Waals surface area contributed by atoms with Crippen LogP contribution in [0.3, 0.4) is 0 Å². The second kappa shape index (κ2) is 16.8. The summed E-state index contributed by atoms with van der Waals surface area (Å²) < 4.78 is 9.00. The van der Waals surface area contributed by atoms with Crippen LogP contribution >= 0.6 is 0 Å². The number of aromatic nitrogens is 6. The molecule has 0 aliphatic carbocycles. The summed E-state index contributed by atoms with van der Waals surface area (Å²) in [7, 11) is 9.70. The molecule has 6 N–H and O–H groups in total. The van der Waals surface area contributed by atoms with E-state index in [1.807, 2.05) is 0 Å². The zero-order chi connectivity index (χ0) is 43.6. The van der Waals surface area contributed by atoms with E-state index in [0.717, 1.165) is 6.07 Å². The molecular weight excluding hydrogens is 779 g/mol. The second-order valence-corrected chi connectivity index (χ2v) is 14.0. The van der Waals surface area contributed by atoms with Crippen molar-refractivity contribution in [1.29, 1.82) is 0 Å². The van der Waals surface area contributed by atoms with Gasteiger partial charge in [-0.1, -0.05) is 6.92 Å². The van der Waals surface area contributed by atoms with Gasteiger partial charge in [0.05, 0.1) is 39.6 Å². The normalized spacial score (nSPS) is 10.9. The van der Waals surface area contributed by atoms with Crippen LogP contribution in [0.4, 0.5) is 34.1 Å². The number of amides is 6. The molecule has 311 valence electrons. The van der Waals surface area contributed by atoms with E-state index in [0.29, 0.717) is 41.4 Å². The zero-order valence-corrected chi connectivity index (χ0v) is 33.4. The van der Waals surface area contributed by atoms with Gasteiger partial charge in [-0.3, -0.25) is 38.9 Å². The first kappa shape index (κ1) is 41.5. The van der Waals surface area contributed by atoms with Crippen LogP contribution < -0.4 is 31.9 Å². The van der Waals surface area contributed by atoms with Crippen LogP contribution in [-0.2, 0) is 42.3 Å². The molecule has 0 saturated heterocycles. The first-order valence-electron chi connectivity index (χ1n) is 18.2. The molecule has 0 spiro atoms. The summed E-state index contributed by atoms with van der Waals surface area (Å²) in [5.74, 6) is -2.92. The summed E-state index contributed by atoms with van der Waals surface area (Å²) in [6.07, 6.45) is 9.56. The standard InChI is InChI=1S/C39H42N13O8/c1-8-9-40-34(53)28-10-22(16-46(28)2)41-35(54)29-11-23(17-47(29)3)42-36(55)30-12-24(18-48(30)4)43-37(56)31-13-25(19-49(31)5)44-38(57)32-14-26(20-50(32)6)45-39(58)33-15-27(52(59)60)21-51(33)7/h10-21H,1,8-9H2,2-7H3,(H,40,53)(H,41,54)(H,42,55)(H,43,56)(H,44,57)(H,45,58). The zero-order valence-electron chi connectivity index (χ0n) is 33.4. The topological polar surface area (TPSA) is 247 Å². The molecule has 0 aliphatic rings. The molecule has 0 bridgehead atoms. The van der Waals surface area contributed by atoms with Gasteiger partial charge < -0.3 is 59.3 Å². The largest absolute Gasteiger partial charge is 0.351 e. The lowest BCUT2D eigenvalue weighted by atomic mass is 10.3. The van der Waals surface area contributed by atoms with Crippen LogP contribution in [0.25, 0.3) is 0 Å². The second-order valence-electron chi connectivity index (χ2n) is 14.0. The van der Waals surface area contributed by atoms with Crippen LogP contribution in [0, 0.1) is 17.0 Å². The molecule has 0 saturated carbocycles. The smallest absolute Gasteiger partial charge is 0.287 e. The number of nitrogens with zero attached hydrogens (tertiary/aromatic N) is 7. The van der Waals surface area contributed by atoms with E-state index >= 15 is 0 Å². The van der Waals surface area contributed by atoms with Crippen LogP contribution in [0.2, 0.25) is 0 Å². The van der Waals surface area contributed by atoms with Crippen molar-refractivity contribution in [3.8, 4) is 0 Å². The summed E-state index contributed by atoms with van der Waals surface area (Å²) in [4.78, 5) is 88.7. The molecule has 1 radical (unpaired) electrons. The van der Waals surface area contributed by atoms with Gasteiger partial charge in [-0.25, -0.2) is 0 Å². The maximum atomic E-state index is 13.4. The lowest BCUT2D eigenvalue weighted by Gasteiger charge is -2.03. The van der Waals surface area contributed by atoms with Crippen LogP contribution in [0.15, 0.2) is 73.6 Å². The molecule has 0 aliphatic heterocycles. The molecule has 0 unspecified atom stereocenters. The Hall–Kier alpha value is -8.10. The van der Waals surface area contributed by atoms with E-state index in [4.69, 9.17) is 0 Å². The van der Waals surface area contributed by atoms with Crippen LogP contribution in [0.5, 0.6) is 0 Å². The fourth-order valence-corrected chi connectivity index (χ4v) is 6.43. The van der Waals surface area contributed by atoms with E-state index in [1.165, 1.54) is 62.0 Å². The maximum absolute atomic E-state index is 13.4. The van der Waals surface area contributed by atoms with Crippen molar-refractivity contribution in [3.05, 3.63) is 125 Å². The monoisotopic (exact) mass is 820 g/mol. The first-order chi connectivity index (χ1) is 28.4. The van der Waals surface area contributed by atoms with Gasteiger partial charge in [0.25, 0.3) is 41.1 Å². The molecule has 0 fully saturated rings. The number of carbonyl (C=O) groups is 6. The molecule has 0 aromatic carbocycles. The molecule has 21 nitrogen and oxygen atoms in total. The Morgan fingerprint density at radius 2 is 0.717 bits per heavy atom. The van der Waals surface area contributed by atoms with Crippen molar-refractivity contribution in [2.24, 2.45) is 42.3 Å². The quantitative estimate of drug-likeness (QED) is 0.0695. The van der Waals surface area contributed by atoms with Gasteiger partial charge in [-0.15, -0.1) is 0 Å². The number of anilines is 5. The Labute approximate surface area is 342 Å². The summed E-state index contributed by atoms with van der Waals surface area (Å²) >= 11 is 0. The number of hydrogen-bond donors (Lipinski definition) is 6. The highest BCUT2D eigenvalue weighted by atomic mass is 16.6. The van der Waals surface area contributed by atoms with Crippen molar-refractivity contribution < 1.29 is 33.7 Å². The minimum Gasteiger partial charge on any atom is -0.351 e. The number of rotatable bonds is 14. The fraction of sp³-hybridized carbons (Fsp3) is 0.205. The summed E-state index contributed by atoms with van der Waals surface area (Å²) in [6, 6.07) is 8.61. The highest BCUT2D eigenvalue weighted by Crippen LogP contribution is 2.23. The van der Waals surface area contributed by atoms with E-state index in [2.05, 4.69) is 38.8 Å². The molecule has 6 amide bonds. The number of nitro groups is 1. The van der Waals surface area contributed by atoms with E-state index < -0.39 is 34.5 Å². The number of nitrogens with one attached hydrogen (secondary N) is 6. The van der Waals surface area contributed by atoms with Gasteiger partial charge in [0.1, 0.15) is 34.2 Å². The van der Waals surface area contributed by atoms with Crippen LogP contribution in [-0.4, -0.2) is 74.3 Å². The highest BCUT2D eigenvalue weighted by molar-refractivity contribution is 6.10. The Bertz CT molecular complexity index is 2700. The van der Waals surface area contributed by atoms with Crippen molar-refractivity contribution in [2.75, 3.05) is 33.1 Å². The van der Waals surface area contributed by atoms with Gasteiger partial charge in [0, 0.05) is 85.9 Å². The third-order valence-corrected chi connectivity index (χ3v) is 9.37. The van der Waals surface area contributed by atoms with Gasteiger partial charge in [0.15, 0.2) is 0 Å². The molecule has 6 heterocycles. The van der Waals surface area contributed by atoms with Crippen molar-refractivity contribution >= 4 is 69.6 Å². The third-order valence-electron chi connectivity index (χ3n) is 9.37. The number of hydrogen-bond acceptors (Lipinski definition) is 8. The Morgan fingerprint density at radius 1 is 0.467 bits per heavy atom. The van der Waals surface area contributed by atoms with Crippen LogP contribution in [0.1, 0.15) is 69.4 Å². The molecule has 0 atom stereocenters. The molecule has 6 aromatic rings. The molecule has 6 rings (SSSR count). The average molecular weight is 821 g/mol. The minimum absolute atomic E-state index is 0.0558. The lowest BCUT2D eigenvalue weighted by molar-refractivity contribution is -0.384. The summed E-state index contributed by atoms with van der Waals surface area (Å²) in [5.41, 5.74) is 2.66. The summed E-state index contributed by atoms with van der Waals surface area (Å²) in [5, 5.41) is 27.5. The predicted molar refractivity (Wildman–Crippen MR) is 221 cm³/mol. The van der Waals surface area contributed by atoms with Gasteiger partial charge in [-0.2, -0.15) is 0 Å². The Balaban J connectivity index is 1.05. The third kappa shape index (κ3) is 8.88. The molecule has 60 heavy (non-hydrogen) atoms. The summed E-state index contributed by atoms with van der Waals surface area (Å²) in [6.45, 7) is 4.12.